The van der Waals surface area contributed by atoms with Crippen molar-refractivity contribution in [1.29, 1.82) is 0 Å². The predicted molar refractivity (Wildman–Crippen MR) is 75.1 cm³/mol. The smallest absolute Gasteiger partial charge is 0 e. The molecule has 0 N–H and O–H groups in total. The van der Waals surface area contributed by atoms with Crippen LogP contribution in [0.3, 0.4) is 0 Å². The van der Waals surface area contributed by atoms with E-state index in [0.29, 0.717) is 6.61 Å². The van der Waals surface area contributed by atoms with Gasteiger partial charge in [-0.3, -0.25) is 0 Å². The Balaban J connectivity index is -0.0000000547. The first kappa shape index (κ1) is 45.4. The van der Waals surface area contributed by atoms with Gasteiger partial charge in [0.1, 0.15) is 24.9 Å². The van der Waals surface area contributed by atoms with E-state index < -0.39 is 5.79 Å². The Bertz CT molecular complexity index is 478. The third kappa shape index (κ3) is 20.9. The molecule has 28 heavy (non-hydrogen) atoms. The molecule has 0 unspecified atom stereocenters. The average molecular weight is 480 g/mol. The summed E-state index contributed by atoms with van der Waals surface area (Å²) in [6.07, 6.45) is 8.94. The van der Waals surface area contributed by atoms with E-state index in [4.69, 9.17) is 48.5 Å². The van der Waals surface area contributed by atoms with Crippen molar-refractivity contribution >= 4 is 0 Å². The fourth-order valence-electron chi connectivity index (χ4n) is 1.84. The van der Waals surface area contributed by atoms with Crippen LogP contribution in [0.4, 0.5) is 0 Å². The fourth-order valence-corrected chi connectivity index (χ4v) is 1.84. The van der Waals surface area contributed by atoms with Gasteiger partial charge in [-0.1, -0.05) is 18.1 Å². The van der Waals surface area contributed by atoms with Crippen LogP contribution in [-0.2, 0) is 75.7 Å². The third-order valence-electron chi connectivity index (χ3n) is 2.34. The second kappa shape index (κ2) is 36.5. The summed E-state index contributed by atoms with van der Waals surface area (Å²) in [5.74, 6) is 1.93. The molecule has 1 fully saturated rings. The van der Waals surface area contributed by atoms with Crippen molar-refractivity contribution in [1.82, 2.24) is 0 Å². The summed E-state index contributed by atoms with van der Waals surface area (Å²) in [6, 6.07) is 0. The van der Waals surface area contributed by atoms with Crippen molar-refractivity contribution in [3.63, 3.8) is 0 Å². The van der Waals surface area contributed by atoms with E-state index in [-0.39, 0.29) is 51.9 Å². The molecule has 0 aromatic heterocycles. The van der Waals surface area contributed by atoms with Crippen molar-refractivity contribution < 1.29 is 75.7 Å². The zero-order chi connectivity index (χ0) is 22.2. The largest absolute Gasteiger partial charge is 0 e. The van der Waals surface area contributed by atoms with Gasteiger partial charge in [0.25, 0.3) is 0 Å². The Hall–Kier alpha value is -1.37. The summed E-state index contributed by atoms with van der Waals surface area (Å²) < 4.78 is 61.8. The van der Waals surface area contributed by atoms with Crippen LogP contribution in [0.25, 0.3) is 0 Å². The van der Waals surface area contributed by atoms with Crippen LogP contribution in [0.15, 0.2) is 12.2 Å². The summed E-state index contributed by atoms with van der Waals surface area (Å²) in [5.41, 5.74) is 0. The minimum absolute atomic E-state index is 0. The molecule has 9 nitrogen and oxygen atoms in total. The van der Waals surface area contributed by atoms with E-state index in [1.807, 2.05) is 26.0 Å². The predicted octanol–water partition coefficient (Wildman–Crippen LogP) is 0.865. The Morgan fingerprint density at radius 3 is 1.61 bits per heavy atom. The second-order valence-electron chi connectivity index (χ2n) is 3.93. The maximum absolute atomic E-state index is 7.50. The molecule has 3 atom stereocenters. The molecule has 0 amide bonds. The Kier molecular flexibility index (Phi) is 59.2. The Morgan fingerprint density at radius 1 is 0.857 bits per heavy atom. The Morgan fingerprint density at radius 2 is 1.25 bits per heavy atom. The van der Waals surface area contributed by atoms with Gasteiger partial charge in [-0.25, -0.2) is 0 Å². The maximum Gasteiger partial charge on any atom is 0 e. The third-order valence-corrected chi connectivity index (χ3v) is 2.34. The van der Waals surface area contributed by atoms with Gasteiger partial charge in [0, 0.05) is 33.6 Å². The molecule has 1 aliphatic carbocycles. The minimum Gasteiger partial charge on any atom is 0 e. The summed E-state index contributed by atoms with van der Waals surface area (Å²) in [5, 5.41) is 0. The van der Waals surface area contributed by atoms with E-state index >= 15 is 0 Å². The van der Waals surface area contributed by atoms with Crippen LogP contribution < -0.4 is 0 Å². The molecule has 1 heterocycles. The van der Waals surface area contributed by atoms with Gasteiger partial charge in [-0.15, -0.1) is 6.42 Å². The van der Waals surface area contributed by atoms with Gasteiger partial charge in [0.15, 0.2) is 5.79 Å². The van der Waals surface area contributed by atoms with E-state index in [2.05, 4.69) is 45.8 Å². The quantitative estimate of drug-likeness (QED) is 0.250. The summed E-state index contributed by atoms with van der Waals surface area (Å²) >= 11 is 0. The zero-order valence-corrected chi connectivity index (χ0v) is 16.6. The molecule has 0 aromatic rings. The molecular formula is C17H14Co2O9. The zero-order valence-electron chi connectivity index (χ0n) is 14.5. The van der Waals surface area contributed by atoms with Gasteiger partial charge < -0.3 is 14.2 Å². The first-order chi connectivity index (χ1) is 12.6. The van der Waals surface area contributed by atoms with E-state index in [9.17, 15) is 0 Å². The SMILES string of the molecule is C#CCO[C@@H]1C=C[C@H]2OC(C)(C)O[C@@H]12.[C-]#[O+].[C-]#[O+].[C-]#[O+].[C-]#[O+].[C-]#[O+].[C-]#[O+].[Co].[Co]. The monoisotopic (exact) mass is 480 g/mol. The van der Waals surface area contributed by atoms with Gasteiger partial charge in [0.05, 0.1) is 0 Å². The molecule has 0 aromatic carbocycles. The van der Waals surface area contributed by atoms with E-state index in [1.54, 1.807) is 0 Å². The Labute approximate surface area is 184 Å². The first-order valence-corrected chi connectivity index (χ1v) is 5.94. The number of hydrogen-bond donors (Lipinski definition) is 0. The van der Waals surface area contributed by atoms with Crippen molar-refractivity contribution in [3.05, 3.63) is 52.1 Å². The molecule has 154 valence electrons. The van der Waals surface area contributed by atoms with Crippen LogP contribution >= 0.6 is 0 Å². The molecule has 2 radical (unpaired) electrons. The standard InChI is InChI=1S/C11H14O3.6CO.2Co/c1-4-7-12-8-5-6-9-10(8)14-11(2,3)13-9;6*1-2;;/h1,5-6,8-10H,7H2,2-3H3;;;;;;;;/t8-,9-,10+;;;;;;;;/m1......../s1. The summed E-state index contributed by atoms with van der Waals surface area (Å²) in [4.78, 5) is 0. The van der Waals surface area contributed by atoms with E-state index in [1.165, 1.54) is 0 Å². The average Bonchev–Trinajstić information content (AvgIpc) is 3.24. The number of hydrogen-bond acceptors (Lipinski definition) is 3. The second-order valence-corrected chi connectivity index (χ2v) is 3.93. The van der Waals surface area contributed by atoms with Crippen molar-refractivity contribution in [2.24, 2.45) is 0 Å². The summed E-state index contributed by atoms with van der Waals surface area (Å²) in [7, 11) is 0. The number of ether oxygens (including phenoxy) is 3. The van der Waals surface area contributed by atoms with Gasteiger partial charge >= 0.3 is 67.8 Å². The molecule has 1 aliphatic heterocycles. The molecular weight excluding hydrogens is 466 g/mol. The number of terminal acetylenes is 1. The molecule has 0 bridgehead atoms. The summed E-state index contributed by atoms with van der Waals surface area (Å²) in [6.45, 7) is 31.1. The topological polar surface area (TPSA) is 147 Å². The molecule has 1 saturated heterocycles. The van der Waals surface area contributed by atoms with Crippen LogP contribution in [-0.4, -0.2) is 30.7 Å². The van der Waals surface area contributed by atoms with Gasteiger partial charge in [-0.05, 0) is 13.8 Å². The normalized spacial score (nSPS) is 19.5. The van der Waals surface area contributed by atoms with Crippen molar-refractivity contribution in [3.8, 4) is 12.3 Å². The van der Waals surface area contributed by atoms with Crippen LogP contribution in [0, 0.1) is 52.2 Å². The van der Waals surface area contributed by atoms with E-state index in [0.717, 1.165) is 0 Å². The van der Waals surface area contributed by atoms with Crippen molar-refractivity contribution in [2.45, 2.75) is 37.9 Å². The van der Waals surface area contributed by atoms with Crippen LogP contribution in [0.5, 0.6) is 0 Å². The van der Waals surface area contributed by atoms with Gasteiger partial charge in [0.2, 0.25) is 0 Å². The molecule has 2 aliphatic rings. The van der Waals surface area contributed by atoms with Crippen molar-refractivity contribution in [2.75, 3.05) is 6.61 Å². The molecule has 11 heteroatoms. The number of fused-ring (bicyclic) bond motifs is 1. The molecule has 0 spiro atoms. The maximum atomic E-state index is 7.50. The first-order valence-electron chi connectivity index (χ1n) is 5.94. The van der Waals surface area contributed by atoms with Crippen LogP contribution in [0.2, 0.25) is 0 Å². The molecule has 0 saturated carbocycles. The van der Waals surface area contributed by atoms with Gasteiger partial charge in [-0.2, -0.15) is 0 Å². The minimum atomic E-state index is -0.516. The van der Waals surface area contributed by atoms with Crippen LogP contribution in [0.1, 0.15) is 13.8 Å². The molecule has 2 rings (SSSR count). The fraction of sp³-hybridized carbons (Fsp3) is 0.412. The number of rotatable bonds is 2.